The third kappa shape index (κ3) is 2.45. The first-order chi connectivity index (χ1) is 10.3. The van der Waals surface area contributed by atoms with E-state index in [1.165, 1.54) is 12.1 Å². The number of benzene rings is 1. The number of alkyl halides is 4. The summed E-state index contributed by atoms with van der Waals surface area (Å²) in [5.41, 5.74) is -3.95. The number of hydrogen-bond donors (Lipinski definition) is 2. The highest BCUT2D eigenvalue weighted by molar-refractivity contribution is 5.94. The lowest BCUT2D eigenvalue weighted by Gasteiger charge is -2.34. The summed E-state index contributed by atoms with van der Waals surface area (Å²) in [6.45, 7) is 0.199. The number of rotatable bonds is 4. The van der Waals surface area contributed by atoms with E-state index in [4.69, 9.17) is 0 Å². The van der Waals surface area contributed by atoms with Crippen molar-refractivity contribution in [3.63, 3.8) is 0 Å². The van der Waals surface area contributed by atoms with Gasteiger partial charge in [-0.05, 0) is 12.1 Å². The van der Waals surface area contributed by atoms with Crippen molar-refractivity contribution in [1.82, 2.24) is 10.6 Å². The zero-order valence-electron chi connectivity index (χ0n) is 11.2. The predicted octanol–water partition coefficient (Wildman–Crippen LogP) is 1.91. The van der Waals surface area contributed by atoms with Crippen LogP contribution in [0.3, 0.4) is 0 Å². The second-order valence-electron chi connectivity index (χ2n) is 5.38. The molecule has 0 bridgehead atoms. The third-order valence-corrected chi connectivity index (χ3v) is 3.69. The van der Waals surface area contributed by atoms with E-state index >= 15 is 0 Å². The molecule has 1 saturated heterocycles. The van der Waals surface area contributed by atoms with E-state index < -0.39 is 23.4 Å². The van der Waals surface area contributed by atoms with Crippen LogP contribution in [0.4, 0.5) is 17.6 Å². The van der Waals surface area contributed by atoms with E-state index in [1.807, 2.05) is 0 Å². The van der Waals surface area contributed by atoms with Gasteiger partial charge in [-0.3, -0.25) is 4.79 Å². The molecule has 0 aromatic heterocycles. The predicted molar refractivity (Wildman–Crippen MR) is 68.1 cm³/mol. The minimum absolute atomic E-state index is 0.141. The lowest BCUT2D eigenvalue weighted by Crippen LogP contribution is -2.61. The quantitative estimate of drug-likeness (QED) is 0.833. The van der Waals surface area contributed by atoms with Crippen LogP contribution in [0.25, 0.3) is 0 Å². The SMILES string of the molecule is O=C(NCC1(F)CNC1)c1ccc(C2(C(F)(F)F)N=N2)cc1. The first-order valence-electron chi connectivity index (χ1n) is 6.55. The molecule has 2 aliphatic rings. The first kappa shape index (κ1) is 14.9. The van der Waals surface area contributed by atoms with Gasteiger partial charge in [0.05, 0.1) is 6.54 Å². The monoisotopic (exact) mass is 316 g/mol. The highest BCUT2D eigenvalue weighted by Crippen LogP contribution is 2.52. The molecule has 1 aromatic carbocycles. The standard InChI is InChI=1S/C13H12F4N4O/c14-11(5-18-6-11)7-19-10(22)8-1-3-9(4-2-8)12(20-21-12)13(15,16)17/h1-4,18H,5-7H2,(H,19,22). The van der Waals surface area contributed by atoms with E-state index in [2.05, 4.69) is 20.9 Å². The maximum Gasteiger partial charge on any atom is 0.442 e. The highest BCUT2D eigenvalue weighted by Gasteiger charge is 2.65. The molecule has 1 fully saturated rings. The van der Waals surface area contributed by atoms with Gasteiger partial charge >= 0.3 is 11.8 Å². The van der Waals surface area contributed by atoms with Crippen molar-refractivity contribution in [1.29, 1.82) is 0 Å². The Morgan fingerprint density at radius 2 is 1.82 bits per heavy atom. The molecule has 0 aliphatic carbocycles. The van der Waals surface area contributed by atoms with Crippen LogP contribution in [0.2, 0.25) is 0 Å². The second kappa shape index (κ2) is 4.73. The molecule has 1 aromatic rings. The Hall–Kier alpha value is -2.03. The fraction of sp³-hybridized carbons (Fsp3) is 0.462. The first-order valence-corrected chi connectivity index (χ1v) is 6.55. The van der Waals surface area contributed by atoms with Crippen molar-refractivity contribution >= 4 is 5.91 Å². The van der Waals surface area contributed by atoms with E-state index in [-0.39, 0.29) is 30.8 Å². The summed E-state index contributed by atoms with van der Waals surface area (Å²) in [5, 5.41) is 11.3. The van der Waals surface area contributed by atoms with Gasteiger partial charge in [0.2, 0.25) is 0 Å². The zero-order valence-corrected chi connectivity index (χ0v) is 11.2. The van der Waals surface area contributed by atoms with Crippen LogP contribution >= 0.6 is 0 Å². The molecule has 0 saturated carbocycles. The molecule has 0 unspecified atom stereocenters. The smallest absolute Gasteiger partial charge is 0.349 e. The average molecular weight is 316 g/mol. The van der Waals surface area contributed by atoms with Crippen LogP contribution in [0.1, 0.15) is 15.9 Å². The van der Waals surface area contributed by atoms with Crippen molar-refractivity contribution in [3.05, 3.63) is 35.4 Å². The molecule has 1 amide bonds. The Morgan fingerprint density at radius 1 is 1.23 bits per heavy atom. The van der Waals surface area contributed by atoms with Crippen LogP contribution in [0, 0.1) is 0 Å². The average Bonchev–Trinajstić information content (AvgIpc) is 3.24. The number of carbonyl (C=O) groups excluding carboxylic acids is 1. The molecule has 2 N–H and O–H groups in total. The van der Waals surface area contributed by atoms with Crippen LogP contribution in [-0.4, -0.2) is 37.4 Å². The molecule has 0 radical (unpaired) electrons. The summed E-state index contributed by atoms with van der Waals surface area (Å²) in [6.07, 6.45) is -4.60. The summed E-state index contributed by atoms with van der Waals surface area (Å²) in [4.78, 5) is 11.8. The molecule has 2 aliphatic heterocycles. The van der Waals surface area contributed by atoms with Crippen molar-refractivity contribution in [2.45, 2.75) is 17.5 Å². The molecule has 22 heavy (non-hydrogen) atoms. The van der Waals surface area contributed by atoms with Gasteiger partial charge in [-0.1, -0.05) is 12.1 Å². The molecule has 9 heteroatoms. The fourth-order valence-corrected chi connectivity index (χ4v) is 2.16. The molecule has 118 valence electrons. The Kier molecular flexibility index (Phi) is 3.20. The van der Waals surface area contributed by atoms with Crippen LogP contribution < -0.4 is 10.6 Å². The van der Waals surface area contributed by atoms with Gasteiger partial charge < -0.3 is 10.6 Å². The van der Waals surface area contributed by atoms with Crippen molar-refractivity contribution in [2.24, 2.45) is 10.2 Å². The highest BCUT2D eigenvalue weighted by atomic mass is 19.4. The minimum Gasteiger partial charge on any atom is -0.349 e. The zero-order chi connectivity index (χ0) is 16.0. The lowest BCUT2D eigenvalue weighted by atomic mass is 9.99. The van der Waals surface area contributed by atoms with Gasteiger partial charge in [0.25, 0.3) is 5.91 Å². The van der Waals surface area contributed by atoms with E-state index in [0.717, 1.165) is 12.1 Å². The summed E-state index contributed by atoms with van der Waals surface area (Å²) < 4.78 is 52.2. The summed E-state index contributed by atoms with van der Waals surface area (Å²) in [7, 11) is 0. The van der Waals surface area contributed by atoms with Gasteiger partial charge in [-0.15, -0.1) is 10.2 Å². The molecular formula is C13H12F4N4O. The Bertz CT molecular complexity index is 616. The molecule has 0 spiro atoms. The van der Waals surface area contributed by atoms with Gasteiger partial charge in [-0.25, -0.2) is 4.39 Å². The van der Waals surface area contributed by atoms with Crippen LogP contribution in [-0.2, 0) is 5.66 Å². The number of nitrogens with one attached hydrogen (secondary N) is 2. The van der Waals surface area contributed by atoms with Crippen LogP contribution in [0.15, 0.2) is 34.5 Å². The summed E-state index contributed by atoms with van der Waals surface area (Å²) in [6, 6.07) is 4.79. The van der Waals surface area contributed by atoms with Crippen molar-refractivity contribution in [2.75, 3.05) is 19.6 Å². The third-order valence-electron chi connectivity index (χ3n) is 3.69. The number of hydrogen-bond acceptors (Lipinski definition) is 4. The maximum absolute atomic E-state index is 13.7. The Labute approximate surface area is 122 Å². The largest absolute Gasteiger partial charge is 0.442 e. The second-order valence-corrected chi connectivity index (χ2v) is 5.38. The van der Waals surface area contributed by atoms with E-state index in [0.29, 0.717) is 0 Å². The lowest BCUT2D eigenvalue weighted by molar-refractivity contribution is -0.166. The van der Waals surface area contributed by atoms with Crippen molar-refractivity contribution < 1.29 is 22.4 Å². The van der Waals surface area contributed by atoms with Gasteiger partial charge in [0, 0.05) is 24.2 Å². The Morgan fingerprint density at radius 3 is 2.23 bits per heavy atom. The van der Waals surface area contributed by atoms with Gasteiger partial charge in [0.1, 0.15) is 0 Å². The molecule has 3 rings (SSSR count). The molecule has 5 nitrogen and oxygen atoms in total. The minimum atomic E-state index is -4.60. The fourth-order valence-electron chi connectivity index (χ4n) is 2.16. The number of halogens is 4. The number of amides is 1. The normalized spacial score (nSPS) is 21.1. The van der Waals surface area contributed by atoms with Crippen molar-refractivity contribution in [3.8, 4) is 0 Å². The number of nitrogens with zero attached hydrogens (tertiary/aromatic N) is 2. The maximum atomic E-state index is 13.7. The summed E-state index contributed by atoms with van der Waals surface area (Å²) >= 11 is 0. The number of carbonyl (C=O) groups is 1. The molecular weight excluding hydrogens is 304 g/mol. The summed E-state index contributed by atoms with van der Waals surface area (Å²) in [5.74, 6) is -0.541. The van der Waals surface area contributed by atoms with E-state index in [9.17, 15) is 22.4 Å². The van der Waals surface area contributed by atoms with E-state index in [1.54, 1.807) is 0 Å². The Balaban J connectivity index is 1.65. The molecule has 2 heterocycles. The van der Waals surface area contributed by atoms with Gasteiger partial charge in [-0.2, -0.15) is 13.2 Å². The topological polar surface area (TPSA) is 65.8 Å². The van der Waals surface area contributed by atoms with Gasteiger partial charge in [0.15, 0.2) is 5.67 Å². The molecule has 0 atom stereocenters. The van der Waals surface area contributed by atoms with Crippen LogP contribution in [0.5, 0.6) is 0 Å².